The van der Waals surface area contributed by atoms with Crippen molar-refractivity contribution in [3.05, 3.63) is 95.1 Å². The van der Waals surface area contributed by atoms with Gasteiger partial charge in [-0.05, 0) is 203 Å². The summed E-state index contributed by atoms with van der Waals surface area (Å²) in [5.74, 6) is -6.13. The van der Waals surface area contributed by atoms with Crippen molar-refractivity contribution in [3.63, 3.8) is 0 Å². The Morgan fingerprint density at radius 1 is 0.440 bits per heavy atom. The Balaban J connectivity index is 0.00000130. The van der Waals surface area contributed by atoms with Gasteiger partial charge in [-0.25, -0.2) is 14.4 Å². The van der Waals surface area contributed by atoms with E-state index < -0.39 is 88.3 Å². The average molecular weight is 1660 g/mol. The number of hydrogen-bond acceptors (Lipinski definition) is 27. The summed E-state index contributed by atoms with van der Waals surface area (Å²) in [6.07, 6.45) is 5.53. The van der Waals surface area contributed by atoms with Crippen LogP contribution >= 0.6 is 31.9 Å². The molecule has 0 radical (unpaired) electrons. The van der Waals surface area contributed by atoms with E-state index in [-0.39, 0.29) is 95.5 Å². The summed E-state index contributed by atoms with van der Waals surface area (Å²) in [5, 5.41) is 11.4. The fraction of sp³-hybridized carbons (Fsp3) is 0.544. The molecule has 608 valence electrons. The normalized spacial score (nSPS) is 11.5. The number of nitrogens with two attached hydrogens (primary N) is 2. The highest BCUT2D eigenvalue weighted by molar-refractivity contribution is 9.09. The number of alkyl halides is 2. The lowest BCUT2D eigenvalue weighted by atomic mass is 9.91. The molecule has 0 bridgehead atoms. The number of alkyl carbamates (subject to hydrolysis) is 1. The van der Waals surface area contributed by atoms with E-state index in [1.54, 1.807) is 123 Å². The first kappa shape index (κ1) is 100. The van der Waals surface area contributed by atoms with Crippen LogP contribution in [-0.4, -0.2) is 178 Å². The van der Waals surface area contributed by atoms with E-state index in [1.165, 1.54) is 0 Å². The Morgan fingerprint density at radius 2 is 0.817 bits per heavy atom. The molecule has 0 saturated heterocycles. The van der Waals surface area contributed by atoms with Gasteiger partial charge in [-0.2, -0.15) is 0 Å². The number of rotatable bonds is 26. The van der Waals surface area contributed by atoms with Crippen molar-refractivity contribution in [2.45, 2.75) is 179 Å². The summed E-state index contributed by atoms with van der Waals surface area (Å²) in [7, 11) is 1.59. The summed E-state index contributed by atoms with van der Waals surface area (Å²) >= 11 is 6.31. The molecule has 2 aliphatic rings. The summed E-state index contributed by atoms with van der Waals surface area (Å²) in [6, 6.07) is 19.5. The molecule has 4 aromatic carbocycles. The zero-order valence-electron chi connectivity index (χ0n) is 66.5. The van der Waals surface area contributed by atoms with Crippen LogP contribution in [0.4, 0.5) is 20.1 Å². The Hall–Kier alpha value is -9.00. The van der Waals surface area contributed by atoms with Crippen LogP contribution in [0.3, 0.4) is 0 Å². The molecule has 4 aromatic rings. The van der Waals surface area contributed by atoms with Crippen LogP contribution in [0, 0.1) is 17.8 Å². The standard InChI is InChI=1S/C22H23NO5.C15H26O6.C14H10O2.C10H18O5.C9H17NO4.C7H14BrNO2.C2H6BrN/c1-3-27-21(25)16(22(26)28-4-2)12-13-23-17-10-8-14-6-5-7-15-9-11-18(24)20(17)19(14)15;1-6-19-13(17)11(14(18)20-7-2)9-8-10-12(16)21-15(3,4)5;1-16-12-8-6-10-4-2-3-9-5-7-11(15)14(12)13(9)10;1-9(2,3)14-7(11)13-8(12)15-10(4,5)6;1-3-13-8(11)7(5-6-10)9(12)14-4-2;1-7(2,3)11-6(10)9-5-4-8;3-1-2-4/h5-11,16,23H,3-4,12-13H2,1-2H3;11H,6-10H2,1-5H3;2-8H,1H3;1-6H3;7H,3-6,10H2,1-2H3;4-5H2,1-3H3,(H,9,10);1-2,4H2. The lowest BCUT2D eigenvalue weighted by molar-refractivity contribution is -0.164. The van der Waals surface area contributed by atoms with Gasteiger partial charge in [0.1, 0.15) is 28.2 Å². The Morgan fingerprint density at radius 3 is 1.18 bits per heavy atom. The fourth-order valence-electron chi connectivity index (χ4n) is 9.28. The monoisotopic (exact) mass is 1660 g/mol. The van der Waals surface area contributed by atoms with Crippen LogP contribution in [0.15, 0.2) is 72.8 Å². The third-order valence-electron chi connectivity index (χ3n) is 13.4. The van der Waals surface area contributed by atoms with Gasteiger partial charge in [-0.3, -0.25) is 43.2 Å². The highest BCUT2D eigenvalue weighted by Crippen LogP contribution is 2.36. The molecule has 0 spiro atoms. The summed E-state index contributed by atoms with van der Waals surface area (Å²) in [5.41, 5.74) is 12.0. The quantitative estimate of drug-likeness (QED) is 0.0196. The molecule has 6 N–H and O–H groups in total. The maximum atomic E-state index is 12.5. The van der Waals surface area contributed by atoms with Crippen LogP contribution in [0.2, 0.25) is 0 Å². The minimum absolute atomic E-state index is 0.0150. The van der Waals surface area contributed by atoms with Gasteiger partial charge in [0, 0.05) is 53.2 Å². The first-order chi connectivity index (χ1) is 51.1. The third-order valence-corrected chi connectivity index (χ3v) is 14.3. The van der Waals surface area contributed by atoms with Crippen molar-refractivity contribution in [1.82, 2.24) is 5.32 Å². The third kappa shape index (κ3) is 40.9. The Kier molecular flexibility index (Phi) is 47.9. The van der Waals surface area contributed by atoms with Gasteiger partial charge in [0.05, 0.1) is 57.9 Å². The van der Waals surface area contributed by atoms with Gasteiger partial charge < -0.3 is 78.9 Å². The number of halogens is 2. The maximum absolute atomic E-state index is 12.5. The minimum atomic E-state index is -1.06. The van der Waals surface area contributed by atoms with Crippen LogP contribution in [0.5, 0.6) is 5.75 Å². The second-order valence-electron chi connectivity index (χ2n) is 27.0. The van der Waals surface area contributed by atoms with Gasteiger partial charge in [0.2, 0.25) is 0 Å². The highest BCUT2D eigenvalue weighted by Gasteiger charge is 2.33. The number of esters is 7. The molecule has 6 rings (SSSR count). The smallest absolute Gasteiger partial charge is 0.496 e. The van der Waals surface area contributed by atoms with Gasteiger partial charge >= 0.3 is 60.2 Å². The van der Waals surface area contributed by atoms with E-state index in [9.17, 15) is 57.5 Å². The molecular weight excluding hydrogens is 1550 g/mol. The molecule has 30 heteroatoms. The number of ether oxygens (including phenoxy) is 12. The second-order valence-corrected chi connectivity index (χ2v) is 28.6. The van der Waals surface area contributed by atoms with Crippen molar-refractivity contribution >= 4 is 143 Å². The topological polar surface area (TPSA) is 392 Å². The molecule has 109 heavy (non-hydrogen) atoms. The molecular formula is C79H114Br2N4O24. The lowest BCUT2D eigenvalue weighted by Gasteiger charge is -2.20. The number of allylic oxidation sites excluding steroid dienone is 2. The molecule has 1 amide bonds. The Bertz CT molecular complexity index is 3580. The van der Waals surface area contributed by atoms with E-state index in [2.05, 4.69) is 47.2 Å². The predicted octanol–water partition coefficient (Wildman–Crippen LogP) is 14.1. The summed E-state index contributed by atoms with van der Waals surface area (Å²) < 4.78 is 58.3. The van der Waals surface area contributed by atoms with E-state index in [0.29, 0.717) is 42.1 Å². The number of methoxy groups -OCH3 is 1. The lowest BCUT2D eigenvalue weighted by Crippen LogP contribution is -2.33. The zero-order chi connectivity index (χ0) is 83.3. The number of hydrogen-bond donors (Lipinski definition) is 4. The summed E-state index contributed by atoms with van der Waals surface area (Å²) in [4.78, 5) is 139. The molecule has 28 nitrogen and oxygen atoms in total. The average Bonchev–Trinajstić information content (AvgIpc) is 0.764. The number of nitrogens with one attached hydrogen (secondary N) is 2. The fourth-order valence-corrected chi connectivity index (χ4v) is 9.47. The molecule has 0 saturated carbocycles. The Labute approximate surface area is 657 Å². The molecule has 0 fully saturated rings. The van der Waals surface area contributed by atoms with Gasteiger partial charge in [0.25, 0.3) is 0 Å². The molecule has 2 aliphatic carbocycles. The highest BCUT2D eigenvalue weighted by atomic mass is 79.9. The van der Waals surface area contributed by atoms with Crippen molar-refractivity contribution in [3.8, 4) is 5.75 Å². The SMILES string of the molecule is CC(C)(C)OC(=O)NCCBr.CC(C)(C)OC(=O)OC(=O)OC(C)(C)C.CCOC(=O)C(CCCC(=O)OC(C)(C)C)C(=O)OCC.CCOC(=O)C(CCN)C(=O)OCC.CCOC(=O)C(CCNc1ccc2cccc3c2c1C(=O)C=C3)C(=O)OCC.COc1ccc2cccc3c2c1C(=O)C=C3.NCCBr. The number of carbonyl (C=O) groups excluding carboxylic acids is 12. The zero-order valence-corrected chi connectivity index (χ0v) is 69.7. The first-order valence-corrected chi connectivity index (χ1v) is 38.0. The number of anilines is 1. The number of carbonyl (C=O) groups is 12. The van der Waals surface area contributed by atoms with Crippen molar-refractivity contribution < 1.29 is 114 Å². The minimum Gasteiger partial charge on any atom is -0.496 e. The van der Waals surface area contributed by atoms with Crippen LogP contribution < -0.4 is 26.8 Å². The second kappa shape index (κ2) is 52.2. The van der Waals surface area contributed by atoms with Crippen LogP contribution in [0.1, 0.15) is 189 Å². The predicted molar refractivity (Wildman–Crippen MR) is 422 cm³/mol. The van der Waals surface area contributed by atoms with E-state index in [0.717, 1.165) is 49.9 Å². The molecule has 0 atom stereocenters. The first-order valence-electron chi connectivity index (χ1n) is 35.8. The number of ketones is 2. The summed E-state index contributed by atoms with van der Waals surface area (Å²) in [6.45, 7) is 34.1. The number of amides is 1. The van der Waals surface area contributed by atoms with Crippen molar-refractivity contribution in [2.24, 2.45) is 29.2 Å². The molecule has 0 unspecified atom stereocenters. The number of benzene rings is 4. The van der Waals surface area contributed by atoms with Crippen LogP contribution in [-0.2, 0) is 85.7 Å². The van der Waals surface area contributed by atoms with Crippen LogP contribution in [0.25, 0.3) is 33.7 Å². The van der Waals surface area contributed by atoms with Gasteiger partial charge in [-0.15, -0.1) is 0 Å². The largest absolute Gasteiger partial charge is 0.519 e. The molecule has 0 aromatic heterocycles. The van der Waals surface area contributed by atoms with Gasteiger partial charge in [0.15, 0.2) is 29.3 Å². The maximum Gasteiger partial charge on any atom is 0.519 e. The van der Waals surface area contributed by atoms with Gasteiger partial charge in [-0.1, -0.05) is 92.5 Å². The van der Waals surface area contributed by atoms with E-state index in [1.807, 2.05) is 93.6 Å². The van der Waals surface area contributed by atoms with Crippen molar-refractivity contribution in [2.75, 3.05) is 88.9 Å². The van der Waals surface area contributed by atoms with E-state index in [4.69, 9.17) is 63.6 Å². The van der Waals surface area contributed by atoms with E-state index >= 15 is 0 Å². The molecule has 0 heterocycles. The van der Waals surface area contributed by atoms with Crippen molar-refractivity contribution in [1.29, 1.82) is 0 Å². The molecule has 0 aliphatic heterocycles.